The molecule has 0 aromatic rings. The second kappa shape index (κ2) is 5.50. The lowest BCUT2D eigenvalue weighted by Gasteiger charge is -2.52. The van der Waals surface area contributed by atoms with Gasteiger partial charge in [-0.2, -0.15) is 0 Å². The van der Waals surface area contributed by atoms with E-state index in [0.717, 1.165) is 12.0 Å². The summed E-state index contributed by atoms with van der Waals surface area (Å²) in [7, 11) is 0. The molecule has 2 nitrogen and oxygen atoms in total. The van der Waals surface area contributed by atoms with Gasteiger partial charge in [0, 0.05) is 31.2 Å². The molecule has 2 aliphatic carbocycles. The van der Waals surface area contributed by atoms with Crippen molar-refractivity contribution < 1.29 is 0 Å². The highest BCUT2D eigenvalue weighted by Gasteiger charge is 2.43. The summed E-state index contributed by atoms with van der Waals surface area (Å²) in [5.41, 5.74) is 0.547. The molecular weight excluding hydrogens is 220 g/mol. The number of hydrogen-bond donors (Lipinski definition) is 1. The fourth-order valence-electron chi connectivity index (χ4n) is 4.10. The number of nitrogens with zero attached hydrogens (tertiary/aromatic N) is 1. The van der Waals surface area contributed by atoms with Crippen LogP contribution in [0.15, 0.2) is 0 Å². The van der Waals surface area contributed by atoms with Gasteiger partial charge in [0.1, 0.15) is 0 Å². The van der Waals surface area contributed by atoms with Gasteiger partial charge in [-0.05, 0) is 38.0 Å². The van der Waals surface area contributed by atoms with E-state index in [1.807, 2.05) is 0 Å². The summed E-state index contributed by atoms with van der Waals surface area (Å²) in [5, 5.41) is 3.86. The van der Waals surface area contributed by atoms with Crippen molar-refractivity contribution in [2.45, 2.75) is 76.3 Å². The van der Waals surface area contributed by atoms with Crippen molar-refractivity contribution in [3.8, 4) is 0 Å². The predicted molar refractivity (Wildman–Crippen MR) is 76.8 cm³/mol. The molecule has 2 heteroatoms. The van der Waals surface area contributed by atoms with Gasteiger partial charge in [0.15, 0.2) is 0 Å². The van der Waals surface area contributed by atoms with Gasteiger partial charge >= 0.3 is 0 Å². The van der Waals surface area contributed by atoms with Crippen molar-refractivity contribution in [3.63, 3.8) is 0 Å². The maximum atomic E-state index is 3.86. The summed E-state index contributed by atoms with van der Waals surface area (Å²) in [6.07, 6.45) is 13.0. The van der Waals surface area contributed by atoms with Crippen LogP contribution in [0.5, 0.6) is 0 Å². The second-order valence-corrected chi connectivity index (χ2v) is 7.00. The molecule has 3 rings (SSSR count). The minimum atomic E-state index is 0.547. The molecule has 1 N–H and O–H groups in total. The Labute approximate surface area is 113 Å². The third kappa shape index (κ3) is 2.75. The van der Waals surface area contributed by atoms with Crippen LogP contribution in [0.1, 0.15) is 64.7 Å². The molecule has 0 amide bonds. The third-order valence-corrected chi connectivity index (χ3v) is 5.43. The van der Waals surface area contributed by atoms with Crippen molar-refractivity contribution >= 4 is 0 Å². The summed E-state index contributed by atoms with van der Waals surface area (Å²) >= 11 is 0. The Morgan fingerprint density at radius 3 is 2.61 bits per heavy atom. The van der Waals surface area contributed by atoms with Crippen molar-refractivity contribution in [3.05, 3.63) is 0 Å². The molecule has 1 atom stereocenters. The predicted octanol–water partition coefficient (Wildman–Crippen LogP) is 3.17. The Kier molecular flexibility index (Phi) is 3.95. The lowest BCUT2D eigenvalue weighted by atomic mass is 9.78. The zero-order chi connectivity index (χ0) is 12.4. The highest BCUT2D eigenvalue weighted by molar-refractivity contribution is 5.01. The Morgan fingerprint density at radius 1 is 1.17 bits per heavy atom. The summed E-state index contributed by atoms with van der Waals surface area (Å²) in [6, 6.07) is 0.765. The zero-order valence-corrected chi connectivity index (χ0v) is 12.1. The Balaban J connectivity index is 1.66. The molecule has 0 bridgehead atoms. The standard InChI is InChI=1S/C16H30N2/c1-2-6-15-12-18(11-14-7-8-14)16(13-17-15)9-4-3-5-10-16/h14-15,17H,2-13H2,1H3. The first-order valence-electron chi connectivity index (χ1n) is 8.31. The van der Waals surface area contributed by atoms with Gasteiger partial charge in [-0.1, -0.05) is 32.6 Å². The quantitative estimate of drug-likeness (QED) is 0.824. The van der Waals surface area contributed by atoms with Crippen molar-refractivity contribution in [1.29, 1.82) is 0 Å². The Hall–Kier alpha value is -0.0800. The van der Waals surface area contributed by atoms with Gasteiger partial charge in [0.2, 0.25) is 0 Å². The van der Waals surface area contributed by atoms with Gasteiger partial charge in [0.25, 0.3) is 0 Å². The van der Waals surface area contributed by atoms with Gasteiger partial charge in [0.05, 0.1) is 0 Å². The van der Waals surface area contributed by atoms with Crippen LogP contribution in [0.3, 0.4) is 0 Å². The molecule has 2 saturated carbocycles. The number of rotatable bonds is 4. The fourth-order valence-corrected chi connectivity index (χ4v) is 4.10. The second-order valence-electron chi connectivity index (χ2n) is 7.00. The van der Waals surface area contributed by atoms with Crippen LogP contribution >= 0.6 is 0 Å². The van der Waals surface area contributed by atoms with Crippen LogP contribution in [0.4, 0.5) is 0 Å². The summed E-state index contributed by atoms with van der Waals surface area (Å²) < 4.78 is 0. The first-order valence-corrected chi connectivity index (χ1v) is 8.31. The van der Waals surface area contributed by atoms with Gasteiger partial charge < -0.3 is 5.32 Å². The van der Waals surface area contributed by atoms with E-state index < -0.39 is 0 Å². The molecular formula is C16H30N2. The average Bonchev–Trinajstić information content (AvgIpc) is 3.19. The maximum absolute atomic E-state index is 3.86. The SMILES string of the molecule is CCCC1CN(CC2CC2)C2(CCCCC2)CN1. The van der Waals surface area contributed by atoms with E-state index in [1.165, 1.54) is 77.4 Å². The van der Waals surface area contributed by atoms with E-state index in [-0.39, 0.29) is 0 Å². The number of hydrogen-bond acceptors (Lipinski definition) is 2. The molecule has 1 spiro atoms. The molecule has 104 valence electrons. The fraction of sp³-hybridized carbons (Fsp3) is 1.00. The molecule has 1 saturated heterocycles. The van der Waals surface area contributed by atoms with E-state index in [1.54, 1.807) is 0 Å². The summed E-state index contributed by atoms with van der Waals surface area (Å²) in [4.78, 5) is 2.92. The average molecular weight is 250 g/mol. The smallest absolute Gasteiger partial charge is 0.0334 e. The largest absolute Gasteiger partial charge is 0.311 e. The first-order chi connectivity index (χ1) is 8.82. The lowest BCUT2D eigenvalue weighted by molar-refractivity contribution is 0.00503. The van der Waals surface area contributed by atoms with Gasteiger partial charge in [-0.25, -0.2) is 0 Å². The molecule has 0 radical (unpaired) electrons. The number of piperazine rings is 1. The van der Waals surface area contributed by atoms with E-state index in [4.69, 9.17) is 0 Å². The van der Waals surface area contributed by atoms with Crippen LogP contribution in [0, 0.1) is 5.92 Å². The molecule has 1 unspecified atom stereocenters. The van der Waals surface area contributed by atoms with Gasteiger partial charge in [-0.3, -0.25) is 4.90 Å². The molecule has 1 heterocycles. The van der Waals surface area contributed by atoms with Crippen LogP contribution in [0.25, 0.3) is 0 Å². The van der Waals surface area contributed by atoms with Crippen LogP contribution < -0.4 is 5.32 Å². The molecule has 3 aliphatic rings. The van der Waals surface area contributed by atoms with E-state index >= 15 is 0 Å². The summed E-state index contributed by atoms with van der Waals surface area (Å²) in [5.74, 6) is 1.05. The molecule has 3 fully saturated rings. The summed E-state index contributed by atoms with van der Waals surface area (Å²) in [6.45, 7) is 6.31. The van der Waals surface area contributed by atoms with E-state index in [9.17, 15) is 0 Å². The Morgan fingerprint density at radius 2 is 1.94 bits per heavy atom. The Bertz CT molecular complexity index is 266. The van der Waals surface area contributed by atoms with Crippen LogP contribution in [0.2, 0.25) is 0 Å². The minimum absolute atomic E-state index is 0.547. The normalized spacial score (nSPS) is 32.8. The van der Waals surface area contributed by atoms with Crippen molar-refractivity contribution in [2.24, 2.45) is 5.92 Å². The van der Waals surface area contributed by atoms with Gasteiger partial charge in [-0.15, -0.1) is 0 Å². The third-order valence-electron chi connectivity index (χ3n) is 5.43. The minimum Gasteiger partial charge on any atom is -0.311 e. The van der Waals surface area contributed by atoms with E-state index in [2.05, 4.69) is 17.1 Å². The molecule has 18 heavy (non-hydrogen) atoms. The van der Waals surface area contributed by atoms with Crippen LogP contribution in [-0.2, 0) is 0 Å². The maximum Gasteiger partial charge on any atom is 0.0334 e. The monoisotopic (exact) mass is 250 g/mol. The van der Waals surface area contributed by atoms with Crippen molar-refractivity contribution in [1.82, 2.24) is 10.2 Å². The molecule has 1 aliphatic heterocycles. The lowest BCUT2D eigenvalue weighted by Crippen LogP contribution is -2.65. The highest BCUT2D eigenvalue weighted by atomic mass is 15.3. The van der Waals surface area contributed by atoms with Crippen molar-refractivity contribution in [2.75, 3.05) is 19.6 Å². The topological polar surface area (TPSA) is 15.3 Å². The van der Waals surface area contributed by atoms with Crippen LogP contribution in [-0.4, -0.2) is 36.1 Å². The molecule has 0 aromatic heterocycles. The highest BCUT2D eigenvalue weighted by Crippen LogP contribution is 2.39. The molecule has 0 aromatic carbocycles. The number of nitrogens with one attached hydrogen (secondary N) is 1. The first kappa shape index (κ1) is 12.9. The van der Waals surface area contributed by atoms with E-state index in [0.29, 0.717) is 5.54 Å². The zero-order valence-electron chi connectivity index (χ0n) is 12.1.